The van der Waals surface area contributed by atoms with Crippen molar-refractivity contribution in [2.75, 3.05) is 52.5 Å². The molecule has 3 N–H and O–H groups in total. The first-order valence-corrected chi connectivity index (χ1v) is 17.7. The Labute approximate surface area is 291 Å². The molecule has 2 aromatic carbocycles. The highest BCUT2D eigenvalue weighted by molar-refractivity contribution is 5.92. The van der Waals surface area contributed by atoms with E-state index in [0.717, 1.165) is 63.6 Å². The van der Waals surface area contributed by atoms with Crippen LogP contribution < -0.4 is 11.1 Å². The zero-order valence-corrected chi connectivity index (χ0v) is 28.5. The molecule has 0 radical (unpaired) electrons. The number of piperidine rings is 1. The van der Waals surface area contributed by atoms with Gasteiger partial charge in [0, 0.05) is 68.6 Å². The average Bonchev–Trinajstić information content (AvgIpc) is 3.62. The summed E-state index contributed by atoms with van der Waals surface area (Å²) >= 11 is 0. The number of carbonyl (C=O) groups is 2. The first-order chi connectivity index (χ1) is 24.3. The van der Waals surface area contributed by atoms with Crippen LogP contribution in [0, 0.1) is 11.6 Å². The van der Waals surface area contributed by atoms with Gasteiger partial charge in [0.25, 0.3) is 0 Å². The van der Waals surface area contributed by atoms with Gasteiger partial charge in [0.2, 0.25) is 11.8 Å². The number of carbonyl (C=O) groups excluding carboxylic acids is 2. The number of primary amides is 1. The summed E-state index contributed by atoms with van der Waals surface area (Å²) < 4.78 is 37.9. The molecular weight excluding hydrogens is 642 g/mol. The number of nitrogens with zero attached hydrogens (tertiary/aromatic N) is 6. The van der Waals surface area contributed by atoms with Crippen molar-refractivity contribution in [2.24, 2.45) is 5.73 Å². The number of halogens is 2. The van der Waals surface area contributed by atoms with Gasteiger partial charge in [0.1, 0.15) is 11.6 Å². The third kappa shape index (κ3) is 9.26. The topological polar surface area (TPSA) is 132 Å². The number of nitrogens with two attached hydrogens (primary N) is 1. The number of amides is 2. The van der Waals surface area contributed by atoms with Crippen LogP contribution in [0.25, 0.3) is 33.4 Å². The third-order valence-electron chi connectivity index (χ3n) is 9.63. The zero-order valence-electron chi connectivity index (χ0n) is 28.5. The van der Waals surface area contributed by atoms with Crippen molar-refractivity contribution < 1.29 is 23.1 Å². The number of ether oxygens (including phenoxy) is 1. The summed E-state index contributed by atoms with van der Waals surface area (Å²) in [5.41, 5.74) is 8.86. The molecule has 2 aliphatic heterocycles. The van der Waals surface area contributed by atoms with E-state index in [1.165, 1.54) is 12.1 Å². The number of fused-ring (bicyclic) bond motifs is 1. The molecule has 4 aromatic rings. The molecule has 0 bridgehead atoms. The fraction of sp³-hybridized carbons (Fsp3) is 0.486. The van der Waals surface area contributed by atoms with Crippen LogP contribution in [0.1, 0.15) is 63.0 Å². The lowest BCUT2D eigenvalue weighted by Crippen LogP contribution is -2.42. The van der Waals surface area contributed by atoms with E-state index in [4.69, 9.17) is 15.5 Å². The first kappa shape index (κ1) is 35.5. The van der Waals surface area contributed by atoms with Gasteiger partial charge in [-0.2, -0.15) is 5.10 Å². The average molecular weight is 689 g/mol. The van der Waals surface area contributed by atoms with Crippen LogP contribution in [-0.2, 0) is 20.9 Å². The second-order valence-corrected chi connectivity index (χ2v) is 13.3. The molecule has 0 atom stereocenters. The van der Waals surface area contributed by atoms with Crippen LogP contribution in [-0.4, -0.2) is 93.8 Å². The van der Waals surface area contributed by atoms with E-state index in [9.17, 15) is 9.59 Å². The van der Waals surface area contributed by atoms with E-state index in [-0.39, 0.29) is 30.0 Å². The zero-order chi connectivity index (χ0) is 34.9. The standard InChI is InChI=1S/C37H46F2N8O3/c38-31-19-26(20-32(39)30(31)24-46-15-17-50-18-16-46)29-7-6-8-33-37(29)44-34(22-42-33)27-21-43-47(23-27)28-10-13-45(14-11-28)25-36(49)41-12-5-3-1-2-4-9-35(40)48/h6-8,19-23,28H,1-5,9-18,24-25H2,(H2,40,48)(H,41,49). The molecule has 0 aliphatic carbocycles. The van der Waals surface area contributed by atoms with Gasteiger partial charge < -0.3 is 15.8 Å². The predicted octanol–water partition coefficient (Wildman–Crippen LogP) is 4.85. The number of hydrogen-bond acceptors (Lipinski definition) is 8. The summed E-state index contributed by atoms with van der Waals surface area (Å²) in [6.45, 7) is 5.23. The number of unbranched alkanes of at least 4 members (excludes halogenated alkanes) is 4. The molecule has 266 valence electrons. The van der Waals surface area contributed by atoms with Crippen molar-refractivity contribution in [1.29, 1.82) is 0 Å². The Morgan fingerprint density at radius 3 is 2.42 bits per heavy atom. The quantitative estimate of drug-likeness (QED) is 0.170. The first-order valence-electron chi connectivity index (χ1n) is 17.7. The Bertz CT molecular complexity index is 1750. The Hall–Kier alpha value is -4.33. The summed E-state index contributed by atoms with van der Waals surface area (Å²) in [6.07, 6.45) is 12.4. The predicted molar refractivity (Wildman–Crippen MR) is 187 cm³/mol. The van der Waals surface area contributed by atoms with Crippen LogP contribution >= 0.6 is 0 Å². The number of rotatable bonds is 15. The summed E-state index contributed by atoms with van der Waals surface area (Å²) in [5.74, 6) is -1.37. The molecule has 2 aromatic heterocycles. The van der Waals surface area contributed by atoms with Gasteiger partial charge in [-0.1, -0.05) is 31.4 Å². The summed E-state index contributed by atoms with van der Waals surface area (Å²) in [7, 11) is 0. The number of benzene rings is 2. The Balaban J connectivity index is 1.03. The van der Waals surface area contributed by atoms with Crippen LogP contribution in [0.15, 0.2) is 48.9 Å². The molecule has 0 spiro atoms. The smallest absolute Gasteiger partial charge is 0.234 e. The lowest BCUT2D eigenvalue weighted by atomic mass is 10.0. The van der Waals surface area contributed by atoms with Crippen LogP contribution in [0.4, 0.5) is 8.78 Å². The molecule has 4 heterocycles. The number of para-hydroxylation sites is 1. The van der Waals surface area contributed by atoms with Gasteiger partial charge in [0.05, 0.1) is 54.9 Å². The highest BCUT2D eigenvalue weighted by atomic mass is 19.1. The maximum atomic E-state index is 15.3. The Kier molecular flexibility index (Phi) is 12.1. The fourth-order valence-electron chi connectivity index (χ4n) is 6.75. The number of hydrogen-bond donors (Lipinski definition) is 2. The van der Waals surface area contributed by atoms with Gasteiger partial charge in [-0.25, -0.2) is 13.8 Å². The van der Waals surface area contributed by atoms with Gasteiger partial charge in [0.15, 0.2) is 0 Å². The van der Waals surface area contributed by atoms with Gasteiger partial charge >= 0.3 is 0 Å². The molecule has 0 saturated carbocycles. The Morgan fingerprint density at radius 2 is 1.66 bits per heavy atom. The van der Waals surface area contributed by atoms with Crippen molar-refractivity contribution in [2.45, 2.75) is 64.0 Å². The molecule has 2 fully saturated rings. The maximum absolute atomic E-state index is 15.3. The van der Waals surface area contributed by atoms with E-state index in [1.54, 1.807) is 12.4 Å². The summed E-state index contributed by atoms with van der Waals surface area (Å²) in [5, 5.41) is 7.67. The van der Waals surface area contributed by atoms with Gasteiger partial charge in [-0.15, -0.1) is 0 Å². The number of nitrogens with one attached hydrogen (secondary N) is 1. The number of aromatic nitrogens is 4. The summed E-state index contributed by atoms with van der Waals surface area (Å²) in [6, 6.07) is 8.43. The largest absolute Gasteiger partial charge is 0.379 e. The highest BCUT2D eigenvalue weighted by Crippen LogP contribution is 2.32. The molecule has 2 aliphatic rings. The highest BCUT2D eigenvalue weighted by Gasteiger charge is 2.23. The van der Waals surface area contributed by atoms with Crippen molar-refractivity contribution in [1.82, 2.24) is 34.9 Å². The van der Waals surface area contributed by atoms with E-state index in [1.807, 2.05) is 34.0 Å². The molecule has 2 amide bonds. The monoisotopic (exact) mass is 688 g/mol. The van der Waals surface area contributed by atoms with Crippen LogP contribution in [0.5, 0.6) is 0 Å². The minimum absolute atomic E-state index is 0.0437. The molecule has 2 saturated heterocycles. The molecule has 0 unspecified atom stereocenters. The van der Waals surface area contributed by atoms with E-state index < -0.39 is 11.6 Å². The minimum atomic E-state index is -0.581. The normalized spacial score (nSPS) is 16.2. The lowest BCUT2D eigenvalue weighted by molar-refractivity contribution is -0.122. The second-order valence-electron chi connectivity index (χ2n) is 13.3. The van der Waals surface area contributed by atoms with Crippen molar-refractivity contribution >= 4 is 22.8 Å². The Morgan fingerprint density at radius 1 is 0.920 bits per heavy atom. The van der Waals surface area contributed by atoms with E-state index >= 15 is 8.78 Å². The van der Waals surface area contributed by atoms with Gasteiger partial charge in [-0.05, 0) is 49.4 Å². The van der Waals surface area contributed by atoms with Crippen LogP contribution in [0.2, 0.25) is 0 Å². The fourth-order valence-corrected chi connectivity index (χ4v) is 6.75. The van der Waals surface area contributed by atoms with E-state index in [0.29, 0.717) is 73.7 Å². The molecular formula is C37H46F2N8O3. The van der Waals surface area contributed by atoms with Gasteiger partial charge in [-0.3, -0.25) is 29.1 Å². The van der Waals surface area contributed by atoms with Crippen LogP contribution in [0.3, 0.4) is 0 Å². The summed E-state index contributed by atoms with van der Waals surface area (Å²) in [4.78, 5) is 37.0. The van der Waals surface area contributed by atoms with Crippen molar-refractivity contribution in [3.63, 3.8) is 0 Å². The molecule has 11 nitrogen and oxygen atoms in total. The lowest BCUT2D eigenvalue weighted by Gasteiger charge is -2.31. The SMILES string of the molecule is NC(=O)CCCCCCCNC(=O)CN1CCC(n2cc(-c3cnc4cccc(-c5cc(F)c(CN6CCOCC6)c(F)c5)c4n3)cn2)CC1. The van der Waals surface area contributed by atoms with Crippen molar-refractivity contribution in [3.05, 3.63) is 66.1 Å². The number of morpholine rings is 1. The molecule has 13 heteroatoms. The molecule has 50 heavy (non-hydrogen) atoms. The maximum Gasteiger partial charge on any atom is 0.234 e. The van der Waals surface area contributed by atoms with E-state index in [2.05, 4.69) is 20.3 Å². The second kappa shape index (κ2) is 17.1. The third-order valence-corrected chi connectivity index (χ3v) is 9.63. The molecule has 6 rings (SSSR count). The number of likely N-dealkylation sites (tertiary alicyclic amines) is 1. The minimum Gasteiger partial charge on any atom is -0.379 e. The van der Waals surface area contributed by atoms with Crippen molar-refractivity contribution in [3.8, 4) is 22.4 Å².